The normalized spacial score (nSPS) is 16.2. The van der Waals surface area contributed by atoms with Crippen LogP contribution in [0.4, 0.5) is 13.2 Å². The summed E-state index contributed by atoms with van der Waals surface area (Å²) < 4.78 is 65.2. The third-order valence-corrected chi connectivity index (χ3v) is 5.41. The summed E-state index contributed by atoms with van der Waals surface area (Å²) in [6, 6.07) is 2.09. The zero-order valence-corrected chi connectivity index (χ0v) is 15.7. The molecule has 2 atom stereocenters. The number of alkyl halides is 3. The number of allylic oxidation sites excluding steroid dienone is 1. The van der Waals surface area contributed by atoms with Crippen molar-refractivity contribution in [3.63, 3.8) is 0 Å². The first kappa shape index (κ1) is 20.5. The highest BCUT2D eigenvalue weighted by Gasteiger charge is 2.37. The van der Waals surface area contributed by atoms with E-state index < -0.39 is 33.5 Å². The molecule has 4 nitrogen and oxygen atoms in total. The van der Waals surface area contributed by atoms with Gasteiger partial charge in [-0.25, -0.2) is 8.93 Å². The maximum atomic E-state index is 13.3. The van der Waals surface area contributed by atoms with Crippen LogP contribution in [0, 0.1) is 0 Å². The summed E-state index contributed by atoms with van der Waals surface area (Å²) in [5.41, 5.74) is -0.829. The van der Waals surface area contributed by atoms with Gasteiger partial charge in [0, 0.05) is 6.04 Å². The van der Waals surface area contributed by atoms with Crippen molar-refractivity contribution < 1.29 is 26.9 Å². The van der Waals surface area contributed by atoms with Gasteiger partial charge in [0.15, 0.2) is 11.5 Å². The van der Waals surface area contributed by atoms with Gasteiger partial charge in [-0.1, -0.05) is 12.7 Å². The second-order valence-electron chi connectivity index (χ2n) is 6.84. The Morgan fingerprint density at radius 2 is 1.88 bits per heavy atom. The second kappa shape index (κ2) is 7.44. The second-order valence-corrected chi connectivity index (χ2v) is 8.84. The average molecular weight is 389 g/mol. The van der Waals surface area contributed by atoms with Gasteiger partial charge in [-0.3, -0.25) is 0 Å². The highest BCUT2D eigenvalue weighted by atomic mass is 32.2. The highest BCUT2D eigenvalue weighted by molar-refractivity contribution is 7.84. The zero-order valence-electron chi connectivity index (χ0n) is 14.9. The van der Waals surface area contributed by atoms with Crippen LogP contribution in [0.15, 0.2) is 31.4 Å². The van der Waals surface area contributed by atoms with Crippen LogP contribution in [0.2, 0.25) is 0 Å². The molecule has 0 amide bonds. The van der Waals surface area contributed by atoms with Crippen LogP contribution in [0.3, 0.4) is 0 Å². The molecule has 26 heavy (non-hydrogen) atoms. The highest BCUT2D eigenvalue weighted by Crippen LogP contribution is 2.43. The first-order valence-corrected chi connectivity index (χ1v) is 9.09. The van der Waals surface area contributed by atoms with Crippen molar-refractivity contribution >= 4 is 16.6 Å². The Kier molecular flexibility index (Phi) is 5.87. The Bertz CT molecular complexity index is 738. The molecule has 1 heterocycles. The van der Waals surface area contributed by atoms with Crippen molar-refractivity contribution in [3.05, 3.63) is 42.5 Å². The quantitative estimate of drug-likeness (QED) is 0.720. The van der Waals surface area contributed by atoms with Crippen LogP contribution in [0.25, 0.3) is 5.57 Å². The molecule has 0 radical (unpaired) electrons. The molecular weight excluding hydrogens is 367 g/mol. The molecule has 0 saturated carbocycles. The van der Waals surface area contributed by atoms with Gasteiger partial charge in [0.2, 0.25) is 6.79 Å². The van der Waals surface area contributed by atoms with Gasteiger partial charge in [0.25, 0.3) is 0 Å². The lowest BCUT2D eigenvalue weighted by Gasteiger charge is -2.26. The Morgan fingerprint density at radius 3 is 2.38 bits per heavy atom. The van der Waals surface area contributed by atoms with Gasteiger partial charge >= 0.3 is 6.18 Å². The van der Waals surface area contributed by atoms with Crippen molar-refractivity contribution in [1.82, 2.24) is 4.72 Å². The van der Waals surface area contributed by atoms with Crippen molar-refractivity contribution in [1.29, 1.82) is 0 Å². The molecule has 0 aromatic heterocycles. The predicted molar refractivity (Wildman–Crippen MR) is 96.2 cm³/mol. The summed E-state index contributed by atoms with van der Waals surface area (Å²) in [5.74, 6) is 0.569. The summed E-state index contributed by atoms with van der Waals surface area (Å²) in [7, 11) is -1.49. The van der Waals surface area contributed by atoms with Crippen LogP contribution in [0.5, 0.6) is 11.5 Å². The lowest BCUT2D eigenvalue weighted by atomic mass is 9.93. The number of hydrogen-bond acceptors (Lipinski definition) is 3. The third kappa shape index (κ3) is 4.48. The first-order chi connectivity index (χ1) is 11.9. The molecule has 1 aromatic carbocycles. The fraction of sp³-hybridized carbons (Fsp3) is 0.444. The van der Waals surface area contributed by atoms with Crippen LogP contribution in [-0.2, 0) is 11.0 Å². The molecule has 1 aliphatic rings. The van der Waals surface area contributed by atoms with E-state index in [2.05, 4.69) is 17.9 Å². The van der Waals surface area contributed by atoms with Crippen molar-refractivity contribution in [2.24, 2.45) is 0 Å². The molecular formula is C18H22F3NO3S. The minimum absolute atomic E-state index is 0.0653. The van der Waals surface area contributed by atoms with E-state index in [1.807, 2.05) is 0 Å². The summed E-state index contributed by atoms with van der Waals surface area (Å²) >= 11 is 0. The van der Waals surface area contributed by atoms with E-state index in [1.54, 1.807) is 26.8 Å². The molecule has 1 aliphatic heterocycles. The third-order valence-electron chi connectivity index (χ3n) is 3.80. The molecule has 2 rings (SSSR count). The Morgan fingerprint density at radius 1 is 1.31 bits per heavy atom. The molecule has 8 heteroatoms. The molecule has 0 spiro atoms. The summed E-state index contributed by atoms with van der Waals surface area (Å²) in [5, 5.41) is 0. The van der Waals surface area contributed by atoms with Gasteiger partial charge in [0.1, 0.15) is 0 Å². The van der Waals surface area contributed by atoms with Gasteiger partial charge in [-0.05, 0) is 50.5 Å². The molecule has 1 N–H and O–H groups in total. The number of hydrogen-bond donors (Lipinski definition) is 1. The maximum absolute atomic E-state index is 13.3. The van der Waals surface area contributed by atoms with Gasteiger partial charge in [-0.2, -0.15) is 13.2 Å². The topological polar surface area (TPSA) is 47.6 Å². The number of nitrogens with one attached hydrogen (secondary N) is 1. The lowest BCUT2D eigenvalue weighted by Crippen LogP contribution is -2.36. The lowest BCUT2D eigenvalue weighted by molar-refractivity contribution is -0.0687. The van der Waals surface area contributed by atoms with Crippen LogP contribution >= 0.6 is 0 Å². The fourth-order valence-corrected chi connectivity index (χ4v) is 3.21. The SMILES string of the molecule is C=CC[C@H](NS(=O)C(C)(C)C)c1cc2c(cc1C(=C)C(F)(F)F)OCO2. The largest absolute Gasteiger partial charge is 0.454 e. The minimum atomic E-state index is -4.61. The van der Waals surface area contributed by atoms with Gasteiger partial charge in [0.05, 0.1) is 21.3 Å². The Labute approximate surface area is 153 Å². The van der Waals surface area contributed by atoms with E-state index in [4.69, 9.17) is 9.47 Å². The molecule has 0 aliphatic carbocycles. The van der Waals surface area contributed by atoms with E-state index in [9.17, 15) is 17.4 Å². The smallest absolute Gasteiger partial charge is 0.416 e. The van der Waals surface area contributed by atoms with E-state index in [1.165, 1.54) is 12.1 Å². The van der Waals surface area contributed by atoms with E-state index in [0.717, 1.165) is 0 Å². The van der Waals surface area contributed by atoms with Crippen LogP contribution < -0.4 is 14.2 Å². The zero-order chi connectivity index (χ0) is 19.7. The summed E-state index contributed by atoms with van der Waals surface area (Å²) in [4.78, 5) is 0. The molecule has 144 valence electrons. The van der Waals surface area contributed by atoms with Gasteiger partial charge in [-0.15, -0.1) is 6.58 Å². The van der Waals surface area contributed by atoms with E-state index in [-0.39, 0.29) is 30.1 Å². The van der Waals surface area contributed by atoms with E-state index in [0.29, 0.717) is 5.75 Å². The molecule has 1 unspecified atom stereocenters. The molecule has 0 saturated heterocycles. The Hall–Kier alpha value is -1.80. The summed E-state index contributed by atoms with van der Waals surface area (Å²) in [6.45, 7) is 12.1. The number of rotatable bonds is 6. The van der Waals surface area contributed by atoms with Crippen LogP contribution in [0.1, 0.15) is 44.4 Å². The number of fused-ring (bicyclic) bond motifs is 1. The van der Waals surface area contributed by atoms with Crippen LogP contribution in [-0.4, -0.2) is 21.9 Å². The molecule has 0 fully saturated rings. The minimum Gasteiger partial charge on any atom is -0.454 e. The number of benzene rings is 1. The maximum Gasteiger partial charge on any atom is 0.416 e. The van der Waals surface area contributed by atoms with Crippen molar-refractivity contribution in [3.8, 4) is 11.5 Å². The molecule has 1 aromatic rings. The predicted octanol–water partition coefficient (Wildman–Crippen LogP) is 4.66. The fourth-order valence-electron chi connectivity index (χ4n) is 2.37. The number of ether oxygens (including phenoxy) is 2. The van der Waals surface area contributed by atoms with Crippen molar-refractivity contribution in [2.75, 3.05) is 6.79 Å². The number of halogens is 3. The summed E-state index contributed by atoms with van der Waals surface area (Å²) in [6.07, 6.45) is -2.77. The van der Waals surface area contributed by atoms with E-state index >= 15 is 0 Å². The van der Waals surface area contributed by atoms with Gasteiger partial charge < -0.3 is 9.47 Å². The first-order valence-electron chi connectivity index (χ1n) is 7.94. The Balaban J connectivity index is 2.54. The standard InChI is InChI=1S/C18H22F3NO3S/c1-6-7-14(22-26(23)17(3,4)5)13-9-16-15(24-10-25-16)8-12(13)11(2)18(19,20)21/h6,8-9,14,22H,1-2,7,10H2,3-5H3/t14-,26?/m0/s1. The average Bonchev–Trinajstić information content (AvgIpc) is 2.97. The van der Waals surface area contributed by atoms with Crippen molar-refractivity contribution in [2.45, 2.75) is 44.2 Å². The monoisotopic (exact) mass is 389 g/mol. The molecule has 0 bridgehead atoms.